The van der Waals surface area contributed by atoms with Crippen molar-refractivity contribution in [1.82, 2.24) is 9.80 Å². The van der Waals surface area contributed by atoms with Crippen LogP contribution in [0.5, 0.6) is 0 Å². The number of piperidine rings is 1. The maximum atomic E-state index is 12.6. The van der Waals surface area contributed by atoms with Gasteiger partial charge in [0.25, 0.3) is 0 Å². The van der Waals surface area contributed by atoms with Gasteiger partial charge in [0.1, 0.15) is 6.54 Å². The molecule has 0 spiro atoms. The molecule has 5 heteroatoms. The van der Waals surface area contributed by atoms with E-state index in [9.17, 15) is 14.4 Å². The van der Waals surface area contributed by atoms with Gasteiger partial charge in [0.2, 0.25) is 17.7 Å². The third kappa shape index (κ3) is 2.24. The van der Waals surface area contributed by atoms with Crippen LogP contribution in [-0.4, -0.2) is 47.2 Å². The van der Waals surface area contributed by atoms with Crippen molar-refractivity contribution >= 4 is 17.7 Å². The fourth-order valence-corrected chi connectivity index (χ4v) is 5.22. The zero-order valence-electron chi connectivity index (χ0n) is 13.8. The third-order valence-electron chi connectivity index (χ3n) is 6.08. The predicted molar refractivity (Wildman–Crippen MR) is 84.0 cm³/mol. The van der Waals surface area contributed by atoms with Crippen LogP contribution < -0.4 is 0 Å². The molecule has 0 aromatic carbocycles. The number of likely N-dealkylation sites (tertiary alicyclic amines) is 2. The molecule has 2 saturated heterocycles. The highest BCUT2D eigenvalue weighted by molar-refractivity contribution is 6.08. The number of nitrogens with zero attached hydrogens (tertiary/aromatic N) is 2. The van der Waals surface area contributed by atoms with Gasteiger partial charge in [-0.1, -0.05) is 26.0 Å². The second-order valence-corrected chi connectivity index (χ2v) is 8.01. The number of carbonyl (C=O) groups is 3. The molecule has 0 aromatic rings. The monoisotopic (exact) mass is 316 g/mol. The molecule has 3 amide bonds. The summed E-state index contributed by atoms with van der Waals surface area (Å²) in [6.07, 6.45) is 6.22. The second-order valence-electron chi connectivity index (χ2n) is 8.01. The van der Waals surface area contributed by atoms with Gasteiger partial charge in [0, 0.05) is 13.1 Å². The fourth-order valence-electron chi connectivity index (χ4n) is 5.22. The van der Waals surface area contributed by atoms with Gasteiger partial charge < -0.3 is 4.90 Å². The van der Waals surface area contributed by atoms with E-state index in [0.717, 1.165) is 25.9 Å². The summed E-state index contributed by atoms with van der Waals surface area (Å²) >= 11 is 0. The van der Waals surface area contributed by atoms with Crippen molar-refractivity contribution in [1.29, 1.82) is 0 Å². The summed E-state index contributed by atoms with van der Waals surface area (Å²) in [5.74, 6) is 0.637. The third-order valence-corrected chi connectivity index (χ3v) is 6.08. The summed E-state index contributed by atoms with van der Waals surface area (Å²) in [7, 11) is 0. The quantitative estimate of drug-likeness (QED) is 0.570. The normalized spacial score (nSPS) is 41.8. The second kappa shape index (κ2) is 5.18. The van der Waals surface area contributed by atoms with Crippen LogP contribution in [0.1, 0.15) is 26.7 Å². The van der Waals surface area contributed by atoms with Gasteiger partial charge in [-0.2, -0.15) is 0 Å². The van der Waals surface area contributed by atoms with Crippen LogP contribution >= 0.6 is 0 Å². The van der Waals surface area contributed by atoms with Crippen LogP contribution in [0.3, 0.4) is 0 Å². The lowest BCUT2D eigenvalue weighted by Gasteiger charge is -2.35. The Hall–Kier alpha value is -1.65. The molecule has 1 saturated carbocycles. The molecular weight excluding hydrogens is 292 g/mol. The molecule has 0 aromatic heterocycles. The van der Waals surface area contributed by atoms with Gasteiger partial charge in [-0.3, -0.25) is 19.3 Å². The Bertz CT molecular complexity index is 559. The van der Waals surface area contributed by atoms with Crippen molar-refractivity contribution in [2.24, 2.45) is 35.5 Å². The Balaban J connectivity index is 1.46. The highest BCUT2D eigenvalue weighted by atomic mass is 16.2. The Kier molecular flexibility index (Phi) is 3.36. The Morgan fingerprint density at radius 1 is 1.00 bits per heavy atom. The lowest BCUT2D eigenvalue weighted by molar-refractivity contribution is -0.148. The summed E-state index contributed by atoms with van der Waals surface area (Å²) in [4.78, 5) is 40.9. The zero-order valence-corrected chi connectivity index (χ0v) is 13.8. The van der Waals surface area contributed by atoms with Crippen molar-refractivity contribution in [3.63, 3.8) is 0 Å². The lowest BCUT2D eigenvalue weighted by Crippen LogP contribution is -2.48. The van der Waals surface area contributed by atoms with Gasteiger partial charge in [-0.25, -0.2) is 0 Å². The van der Waals surface area contributed by atoms with E-state index in [0.29, 0.717) is 11.8 Å². The van der Waals surface area contributed by atoms with E-state index >= 15 is 0 Å². The number of hydrogen-bond donors (Lipinski definition) is 0. The van der Waals surface area contributed by atoms with Crippen LogP contribution in [0.2, 0.25) is 0 Å². The summed E-state index contributed by atoms with van der Waals surface area (Å²) < 4.78 is 0. The molecule has 124 valence electrons. The lowest BCUT2D eigenvalue weighted by atomic mass is 9.85. The number of imide groups is 1. The minimum Gasteiger partial charge on any atom is -0.341 e. The molecule has 2 bridgehead atoms. The molecule has 2 aliphatic heterocycles. The first-order valence-electron chi connectivity index (χ1n) is 8.77. The van der Waals surface area contributed by atoms with E-state index < -0.39 is 0 Å². The molecule has 6 atom stereocenters. The smallest absolute Gasteiger partial charge is 0.242 e. The molecule has 2 aliphatic carbocycles. The maximum Gasteiger partial charge on any atom is 0.242 e. The SMILES string of the molecule is C[C@@H]1C[C@H](C)CN(C(=O)CN2C(=O)[C@H]3[C@H](C2=O)[C@H]2C=C[C@H]3C2)C1. The van der Waals surface area contributed by atoms with Gasteiger partial charge in [0.15, 0.2) is 0 Å². The Labute approximate surface area is 136 Å². The highest BCUT2D eigenvalue weighted by Gasteiger charge is 2.59. The van der Waals surface area contributed by atoms with Crippen LogP contribution in [0.15, 0.2) is 12.2 Å². The van der Waals surface area contributed by atoms with Crippen molar-refractivity contribution in [2.75, 3.05) is 19.6 Å². The Morgan fingerprint density at radius 2 is 1.52 bits per heavy atom. The molecule has 5 nitrogen and oxygen atoms in total. The molecule has 2 heterocycles. The van der Waals surface area contributed by atoms with E-state index in [1.165, 1.54) is 4.90 Å². The van der Waals surface area contributed by atoms with Gasteiger partial charge >= 0.3 is 0 Å². The summed E-state index contributed by atoms with van der Waals surface area (Å²) in [5.41, 5.74) is 0. The number of rotatable bonds is 2. The topological polar surface area (TPSA) is 57.7 Å². The van der Waals surface area contributed by atoms with Crippen LogP contribution in [0.25, 0.3) is 0 Å². The van der Waals surface area contributed by atoms with Crippen molar-refractivity contribution in [3.05, 3.63) is 12.2 Å². The van der Waals surface area contributed by atoms with Gasteiger partial charge in [-0.05, 0) is 36.5 Å². The van der Waals surface area contributed by atoms with Gasteiger partial charge in [0.05, 0.1) is 11.8 Å². The van der Waals surface area contributed by atoms with E-state index in [2.05, 4.69) is 26.0 Å². The molecular formula is C18H24N2O3. The maximum absolute atomic E-state index is 12.6. The summed E-state index contributed by atoms with van der Waals surface area (Å²) in [6.45, 7) is 5.70. The number of allylic oxidation sites excluding steroid dienone is 2. The van der Waals surface area contributed by atoms with Crippen molar-refractivity contribution in [2.45, 2.75) is 26.7 Å². The molecule has 0 N–H and O–H groups in total. The first-order valence-corrected chi connectivity index (χ1v) is 8.77. The van der Waals surface area contributed by atoms with Crippen LogP contribution in [0.4, 0.5) is 0 Å². The fraction of sp³-hybridized carbons (Fsp3) is 0.722. The standard InChI is InChI=1S/C18H24N2O3/c1-10-5-11(2)8-19(7-10)14(21)9-20-17(22)15-12-3-4-13(6-12)16(15)18(20)23/h3-4,10-13,15-16H,5-9H2,1-2H3/t10-,11+,12-,13-,15+,16+/m0/s1. The number of hydrogen-bond acceptors (Lipinski definition) is 3. The van der Waals surface area contributed by atoms with E-state index in [-0.39, 0.29) is 47.9 Å². The Morgan fingerprint density at radius 3 is 2.04 bits per heavy atom. The zero-order chi connectivity index (χ0) is 16.3. The van der Waals surface area contributed by atoms with E-state index in [1.807, 2.05) is 4.90 Å². The molecule has 0 unspecified atom stereocenters. The largest absolute Gasteiger partial charge is 0.341 e. The van der Waals surface area contributed by atoms with Crippen LogP contribution in [-0.2, 0) is 14.4 Å². The average molecular weight is 316 g/mol. The van der Waals surface area contributed by atoms with E-state index in [1.54, 1.807) is 0 Å². The van der Waals surface area contributed by atoms with Crippen molar-refractivity contribution < 1.29 is 14.4 Å². The minimum atomic E-state index is -0.204. The minimum absolute atomic E-state index is 0.0659. The van der Waals surface area contributed by atoms with Crippen molar-refractivity contribution in [3.8, 4) is 0 Å². The van der Waals surface area contributed by atoms with Crippen LogP contribution in [0, 0.1) is 35.5 Å². The molecule has 23 heavy (non-hydrogen) atoms. The molecule has 0 radical (unpaired) electrons. The summed E-state index contributed by atoms with van der Waals surface area (Å²) in [6, 6.07) is 0. The summed E-state index contributed by atoms with van der Waals surface area (Å²) in [5, 5.41) is 0. The molecule has 4 rings (SSSR count). The first kappa shape index (κ1) is 14.9. The van der Waals surface area contributed by atoms with Gasteiger partial charge in [-0.15, -0.1) is 0 Å². The number of fused-ring (bicyclic) bond motifs is 5. The molecule has 4 aliphatic rings. The van der Waals surface area contributed by atoms with E-state index in [4.69, 9.17) is 0 Å². The number of amides is 3. The number of carbonyl (C=O) groups excluding carboxylic acids is 3. The average Bonchev–Trinajstić information content (AvgIpc) is 3.16. The molecule has 3 fully saturated rings. The highest BCUT2D eigenvalue weighted by Crippen LogP contribution is 2.52. The predicted octanol–water partition coefficient (Wildman–Crippen LogP) is 1.30. The first-order chi connectivity index (χ1) is 11.0.